The minimum Gasteiger partial charge on any atom is -0.550 e. The quantitative estimate of drug-likeness (QED) is 0.247. The Morgan fingerprint density at radius 1 is 1.19 bits per heavy atom. The van der Waals surface area contributed by atoms with Crippen molar-refractivity contribution in [1.82, 2.24) is 20.0 Å². The van der Waals surface area contributed by atoms with Gasteiger partial charge in [0.1, 0.15) is 28.8 Å². The molecule has 0 spiro atoms. The van der Waals surface area contributed by atoms with E-state index in [-0.39, 0.29) is 67.1 Å². The predicted molar refractivity (Wildman–Crippen MR) is 125 cm³/mol. The summed E-state index contributed by atoms with van der Waals surface area (Å²) in [5.41, 5.74) is 1.95. The smallest absolute Gasteiger partial charge is 0.550 e. The third kappa shape index (κ3) is 8.47. The Hall–Kier alpha value is -2.57. The second-order valence-corrected chi connectivity index (χ2v) is 9.00. The zero-order valence-electron chi connectivity index (χ0n) is 21.4. The van der Waals surface area contributed by atoms with Gasteiger partial charge < -0.3 is 34.5 Å². The van der Waals surface area contributed by atoms with Gasteiger partial charge in [-0.15, -0.1) is 0 Å². The summed E-state index contributed by atoms with van der Waals surface area (Å²) in [6, 6.07) is 7.40. The van der Waals surface area contributed by atoms with Gasteiger partial charge in [-0.3, -0.25) is 4.79 Å². The van der Waals surface area contributed by atoms with Crippen LogP contribution < -0.4 is 40.0 Å². The molecule has 37 heavy (non-hydrogen) atoms. The van der Waals surface area contributed by atoms with Crippen LogP contribution in [0.4, 0.5) is 4.39 Å². The van der Waals surface area contributed by atoms with Crippen molar-refractivity contribution in [3.63, 3.8) is 0 Å². The summed E-state index contributed by atoms with van der Waals surface area (Å²) in [5.74, 6) is -1.34. The summed E-state index contributed by atoms with van der Waals surface area (Å²) in [4.78, 5) is 28.4. The number of nitrogens with zero attached hydrogens (tertiary/aromatic N) is 3. The number of aliphatic hydroxyl groups excluding tert-OH is 2. The zero-order valence-corrected chi connectivity index (χ0v) is 23.4. The summed E-state index contributed by atoms with van der Waals surface area (Å²) in [7, 11) is 0. The monoisotopic (exact) mass is 524 g/mol. The number of carbonyl (C=O) groups is 2. The fourth-order valence-electron chi connectivity index (χ4n) is 4.00. The number of carbonyl (C=O) groups excluding carboxylic acids is 2. The molecular weight excluding hydrogens is 494 g/mol. The molecule has 0 aliphatic heterocycles. The Morgan fingerprint density at radius 3 is 2.43 bits per heavy atom. The molecule has 3 aromatic rings. The maximum absolute atomic E-state index is 13.6. The number of nitrogens with one attached hydrogen (secondary N) is 1. The van der Waals surface area contributed by atoms with Crippen molar-refractivity contribution in [2.75, 3.05) is 0 Å². The SMILES string of the molecule is Cc1cc(CNC(=O)c2nc(-c3ccc(F)cc3)n(CC[C@@H](O)C[C@@H](O)CC(=O)[O-])c2C(C)C)no1.[Na+]. The van der Waals surface area contributed by atoms with Gasteiger partial charge in [0.05, 0.1) is 24.4 Å². The topological polar surface area (TPSA) is 154 Å². The average Bonchev–Trinajstić information content (AvgIpc) is 3.39. The number of imidazole rings is 1. The predicted octanol–water partition coefficient (Wildman–Crippen LogP) is -1.31. The van der Waals surface area contributed by atoms with Crippen molar-refractivity contribution >= 4 is 11.9 Å². The number of carboxylic acid groups (broad SMARTS) is 1. The molecule has 0 bridgehead atoms. The Bertz CT molecular complexity index is 1190. The van der Waals surface area contributed by atoms with Crippen LogP contribution in [0.2, 0.25) is 0 Å². The molecule has 12 heteroatoms. The molecule has 0 saturated heterocycles. The normalized spacial score (nSPS) is 12.7. The van der Waals surface area contributed by atoms with Crippen molar-refractivity contribution < 1.29 is 63.4 Å². The van der Waals surface area contributed by atoms with Crippen LogP contribution in [0, 0.1) is 12.7 Å². The van der Waals surface area contributed by atoms with Crippen molar-refractivity contribution in [3.8, 4) is 11.4 Å². The molecule has 1 aromatic carbocycles. The molecule has 2 heterocycles. The number of benzene rings is 1. The van der Waals surface area contributed by atoms with Gasteiger partial charge in [0.15, 0.2) is 0 Å². The molecule has 0 unspecified atom stereocenters. The van der Waals surface area contributed by atoms with Crippen molar-refractivity contribution in [3.05, 3.63) is 59.0 Å². The van der Waals surface area contributed by atoms with Gasteiger partial charge in [-0.1, -0.05) is 19.0 Å². The molecule has 2 atom stereocenters. The number of aromatic nitrogens is 3. The Balaban J connectivity index is 0.00000481. The van der Waals surface area contributed by atoms with Crippen LogP contribution in [-0.2, 0) is 17.9 Å². The van der Waals surface area contributed by atoms with Gasteiger partial charge in [-0.2, -0.15) is 0 Å². The Kier molecular flexibility index (Phi) is 11.5. The van der Waals surface area contributed by atoms with E-state index < -0.39 is 36.3 Å². The number of aryl methyl sites for hydroxylation is 1. The van der Waals surface area contributed by atoms with Crippen molar-refractivity contribution in [2.24, 2.45) is 0 Å². The van der Waals surface area contributed by atoms with E-state index >= 15 is 0 Å². The molecule has 0 saturated carbocycles. The van der Waals surface area contributed by atoms with Gasteiger partial charge in [0.25, 0.3) is 5.91 Å². The first kappa shape index (κ1) is 30.7. The fourth-order valence-corrected chi connectivity index (χ4v) is 4.00. The van der Waals surface area contributed by atoms with Crippen LogP contribution in [0.3, 0.4) is 0 Å². The summed E-state index contributed by atoms with van der Waals surface area (Å²) in [6.07, 6.45) is -2.80. The number of amides is 1. The van der Waals surface area contributed by atoms with Crippen LogP contribution in [0.25, 0.3) is 11.4 Å². The van der Waals surface area contributed by atoms with Gasteiger partial charge in [0, 0.05) is 30.6 Å². The Labute approximate surface area is 236 Å². The van der Waals surface area contributed by atoms with Crippen LogP contribution in [-0.4, -0.2) is 49.0 Å². The van der Waals surface area contributed by atoms with E-state index in [2.05, 4.69) is 15.5 Å². The largest absolute Gasteiger partial charge is 1.00 e. The van der Waals surface area contributed by atoms with Gasteiger partial charge in [0.2, 0.25) is 0 Å². The molecule has 194 valence electrons. The second-order valence-electron chi connectivity index (χ2n) is 9.00. The fraction of sp³-hybridized carbons (Fsp3) is 0.440. The number of carboxylic acids is 1. The molecule has 2 aromatic heterocycles. The first-order chi connectivity index (χ1) is 17.0. The minimum atomic E-state index is -1.40. The van der Waals surface area contributed by atoms with E-state index in [1.54, 1.807) is 29.7 Å². The number of hydrogen-bond donors (Lipinski definition) is 3. The molecule has 0 aliphatic rings. The van der Waals surface area contributed by atoms with Crippen LogP contribution in [0.1, 0.15) is 66.7 Å². The van der Waals surface area contributed by atoms with Gasteiger partial charge in [-0.25, -0.2) is 9.37 Å². The van der Waals surface area contributed by atoms with E-state index in [0.29, 0.717) is 28.5 Å². The Morgan fingerprint density at radius 2 is 1.86 bits per heavy atom. The second kappa shape index (κ2) is 13.8. The number of aliphatic hydroxyl groups is 2. The molecule has 1 amide bonds. The third-order valence-corrected chi connectivity index (χ3v) is 5.61. The van der Waals surface area contributed by atoms with E-state index in [1.165, 1.54) is 12.1 Å². The van der Waals surface area contributed by atoms with E-state index in [0.717, 1.165) is 0 Å². The molecule has 0 aliphatic carbocycles. The van der Waals surface area contributed by atoms with E-state index in [9.17, 15) is 29.3 Å². The molecule has 0 fully saturated rings. The maximum Gasteiger partial charge on any atom is 1.00 e. The van der Waals surface area contributed by atoms with Crippen molar-refractivity contribution in [2.45, 2.75) is 71.2 Å². The molecule has 3 N–H and O–H groups in total. The summed E-state index contributed by atoms with van der Waals surface area (Å²) in [5, 5.41) is 37.6. The number of halogens is 1. The summed E-state index contributed by atoms with van der Waals surface area (Å²) < 4.78 is 20.4. The third-order valence-electron chi connectivity index (χ3n) is 5.61. The summed E-state index contributed by atoms with van der Waals surface area (Å²) in [6.45, 7) is 5.92. The first-order valence-electron chi connectivity index (χ1n) is 11.7. The van der Waals surface area contributed by atoms with Crippen LogP contribution in [0.15, 0.2) is 34.9 Å². The standard InChI is InChI=1S/C25H31FN4O6.Na/c1-14(2)23-22(25(35)27-13-18-10-15(3)36-29-18)28-24(16-4-6-17(26)7-5-16)30(23)9-8-19(31)11-20(32)12-21(33)34;/h4-7,10,14,19-20,31-32H,8-9,11-13H2,1-3H3,(H,27,35)(H,33,34);/q;+1/p-1/t19-,20-;/m1./s1. The molecule has 10 nitrogen and oxygen atoms in total. The van der Waals surface area contributed by atoms with Crippen LogP contribution in [0.5, 0.6) is 0 Å². The van der Waals surface area contributed by atoms with Crippen molar-refractivity contribution in [1.29, 1.82) is 0 Å². The minimum absolute atomic E-state index is 0. The zero-order chi connectivity index (χ0) is 26.4. The van der Waals surface area contributed by atoms with Gasteiger partial charge in [-0.05, 0) is 49.9 Å². The summed E-state index contributed by atoms with van der Waals surface area (Å²) >= 11 is 0. The van der Waals surface area contributed by atoms with Gasteiger partial charge >= 0.3 is 29.6 Å². The maximum atomic E-state index is 13.6. The number of rotatable bonds is 12. The van der Waals surface area contributed by atoms with E-state index in [1.807, 2.05) is 13.8 Å². The van der Waals surface area contributed by atoms with Crippen LogP contribution >= 0.6 is 0 Å². The molecule has 3 rings (SSSR count). The molecule has 0 radical (unpaired) electrons. The molecular formula is C25H30FN4NaO6. The first-order valence-corrected chi connectivity index (χ1v) is 11.7. The number of hydrogen-bond acceptors (Lipinski definition) is 8. The van der Waals surface area contributed by atoms with E-state index in [4.69, 9.17) is 4.52 Å². The average molecular weight is 525 g/mol. The number of aliphatic carboxylic acids is 1.